The molecule has 0 atom stereocenters. The van der Waals surface area contributed by atoms with Crippen molar-refractivity contribution in [3.8, 4) is 0 Å². The summed E-state index contributed by atoms with van der Waals surface area (Å²) in [7, 11) is 1.34. The molecule has 3 rings (SSSR count). The summed E-state index contributed by atoms with van der Waals surface area (Å²) < 4.78 is 4.96. The number of carbonyl (C=O) groups excluding carboxylic acids is 3. The number of methoxy groups -OCH3 is 1. The van der Waals surface area contributed by atoms with Crippen LogP contribution in [0.3, 0.4) is 0 Å². The van der Waals surface area contributed by atoms with Crippen molar-refractivity contribution >= 4 is 29.2 Å². The maximum absolute atomic E-state index is 12.9. The van der Waals surface area contributed by atoms with E-state index < -0.39 is 17.4 Å². The van der Waals surface area contributed by atoms with Gasteiger partial charge in [0.15, 0.2) is 0 Å². The summed E-state index contributed by atoms with van der Waals surface area (Å²) in [5, 5.41) is 8.55. The van der Waals surface area contributed by atoms with E-state index in [1.807, 2.05) is 32.0 Å². The molecule has 1 fully saturated rings. The number of benzene rings is 1. The number of hydrogen-bond acceptors (Lipinski definition) is 5. The van der Waals surface area contributed by atoms with E-state index in [1.54, 1.807) is 0 Å². The largest absolute Gasteiger partial charge is 0.467 e. The minimum atomic E-state index is -1.00. The number of nitrogens with zero attached hydrogens (tertiary/aromatic N) is 2. The van der Waals surface area contributed by atoms with Crippen LogP contribution < -0.4 is 10.3 Å². The van der Waals surface area contributed by atoms with Crippen molar-refractivity contribution in [1.82, 2.24) is 5.32 Å². The second-order valence-corrected chi connectivity index (χ2v) is 7.63. The number of hydrazone groups is 1. The Morgan fingerprint density at radius 2 is 1.86 bits per heavy atom. The Morgan fingerprint density at radius 1 is 1.14 bits per heavy atom. The number of aryl methyl sites for hydroxylation is 2. The first-order valence-electron chi connectivity index (χ1n) is 9.75. The molecule has 2 aliphatic rings. The van der Waals surface area contributed by atoms with Gasteiger partial charge in [0.2, 0.25) is 5.91 Å². The van der Waals surface area contributed by atoms with E-state index in [2.05, 4.69) is 10.4 Å². The molecule has 2 amide bonds. The molecule has 1 aliphatic heterocycles. The summed E-state index contributed by atoms with van der Waals surface area (Å²) in [5.74, 6) is -0.972. The highest BCUT2D eigenvalue weighted by Crippen LogP contribution is 2.30. The molecule has 0 spiro atoms. The Kier molecular flexibility index (Phi) is 5.82. The molecular weight excluding hydrogens is 358 g/mol. The third-order valence-corrected chi connectivity index (χ3v) is 5.52. The third-order valence-electron chi connectivity index (χ3n) is 5.52. The van der Waals surface area contributed by atoms with Crippen LogP contribution in [0, 0.1) is 13.8 Å². The average Bonchev–Trinajstić information content (AvgIpc) is 2.70. The number of rotatable bonds is 4. The minimum Gasteiger partial charge on any atom is -0.467 e. The molecule has 0 aromatic heterocycles. The van der Waals surface area contributed by atoms with Crippen LogP contribution in [0.15, 0.2) is 23.3 Å². The summed E-state index contributed by atoms with van der Waals surface area (Å²) >= 11 is 0. The maximum atomic E-state index is 12.9. The molecule has 1 heterocycles. The van der Waals surface area contributed by atoms with Gasteiger partial charge in [-0.3, -0.25) is 9.59 Å². The van der Waals surface area contributed by atoms with E-state index >= 15 is 0 Å². The van der Waals surface area contributed by atoms with E-state index in [-0.39, 0.29) is 24.5 Å². The summed E-state index contributed by atoms with van der Waals surface area (Å²) in [6.45, 7) is 3.85. The molecule has 1 saturated carbocycles. The monoisotopic (exact) mass is 385 g/mol. The normalized spacial score (nSPS) is 19.0. The van der Waals surface area contributed by atoms with Crippen LogP contribution >= 0.6 is 0 Å². The summed E-state index contributed by atoms with van der Waals surface area (Å²) in [6, 6.07) is 5.78. The number of esters is 1. The average molecular weight is 385 g/mol. The van der Waals surface area contributed by atoms with Gasteiger partial charge in [-0.2, -0.15) is 5.10 Å². The highest BCUT2D eigenvalue weighted by molar-refractivity contribution is 6.40. The Bertz CT molecular complexity index is 825. The van der Waals surface area contributed by atoms with E-state index in [4.69, 9.17) is 4.74 Å². The van der Waals surface area contributed by atoms with E-state index in [9.17, 15) is 14.4 Å². The van der Waals surface area contributed by atoms with Gasteiger partial charge in [-0.15, -0.1) is 0 Å². The quantitative estimate of drug-likeness (QED) is 0.807. The van der Waals surface area contributed by atoms with Gasteiger partial charge < -0.3 is 10.1 Å². The maximum Gasteiger partial charge on any atom is 0.331 e. The first kappa shape index (κ1) is 20.0. The topological polar surface area (TPSA) is 88.1 Å². The van der Waals surface area contributed by atoms with Crippen LogP contribution in [-0.2, 0) is 19.1 Å². The van der Waals surface area contributed by atoms with Crippen molar-refractivity contribution in [1.29, 1.82) is 0 Å². The van der Waals surface area contributed by atoms with Crippen LogP contribution in [0.5, 0.6) is 0 Å². The van der Waals surface area contributed by atoms with Crippen molar-refractivity contribution < 1.29 is 19.1 Å². The van der Waals surface area contributed by atoms with Crippen LogP contribution in [-0.4, -0.2) is 36.1 Å². The summed E-state index contributed by atoms with van der Waals surface area (Å²) in [6.07, 6.45) is 4.30. The molecule has 0 unspecified atom stereocenters. The van der Waals surface area contributed by atoms with E-state index in [0.29, 0.717) is 18.5 Å². The van der Waals surface area contributed by atoms with Gasteiger partial charge in [-0.1, -0.05) is 31.4 Å². The Balaban J connectivity index is 1.87. The summed E-state index contributed by atoms with van der Waals surface area (Å²) in [4.78, 5) is 37.8. The van der Waals surface area contributed by atoms with Gasteiger partial charge in [0.1, 0.15) is 11.3 Å². The van der Waals surface area contributed by atoms with Gasteiger partial charge >= 0.3 is 5.97 Å². The molecule has 0 bridgehead atoms. The Hall–Kier alpha value is -2.70. The van der Waals surface area contributed by atoms with Gasteiger partial charge in [-0.05, 0) is 43.9 Å². The van der Waals surface area contributed by atoms with Crippen molar-refractivity contribution in [2.45, 2.75) is 64.3 Å². The number of anilines is 1. The molecule has 1 aromatic rings. The van der Waals surface area contributed by atoms with Crippen LogP contribution in [0.25, 0.3) is 0 Å². The van der Waals surface area contributed by atoms with E-state index in [0.717, 1.165) is 30.4 Å². The highest BCUT2D eigenvalue weighted by atomic mass is 16.5. The van der Waals surface area contributed by atoms with Crippen molar-refractivity contribution in [2.75, 3.05) is 12.1 Å². The fraction of sp³-hybridized carbons (Fsp3) is 0.524. The zero-order valence-electron chi connectivity index (χ0n) is 16.7. The number of hydrogen-bond donors (Lipinski definition) is 1. The zero-order valence-corrected chi connectivity index (χ0v) is 16.7. The first-order chi connectivity index (χ1) is 13.4. The SMILES string of the molecule is COC(=O)C1(NC(=O)C2=NN(c3cc(C)ccc3C)C(=O)CC2)CCCCC1. The zero-order chi connectivity index (χ0) is 20.3. The number of amides is 2. The lowest BCUT2D eigenvalue weighted by molar-refractivity contribution is -0.151. The number of ether oxygens (including phenoxy) is 1. The second-order valence-electron chi connectivity index (χ2n) is 7.63. The Morgan fingerprint density at radius 3 is 2.54 bits per heavy atom. The molecule has 1 N–H and O–H groups in total. The smallest absolute Gasteiger partial charge is 0.331 e. The molecule has 7 heteroatoms. The van der Waals surface area contributed by atoms with Crippen LogP contribution in [0.4, 0.5) is 5.69 Å². The van der Waals surface area contributed by atoms with Crippen LogP contribution in [0.2, 0.25) is 0 Å². The molecule has 150 valence electrons. The standard InChI is InChI=1S/C21H27N3O4/c1-14-7-8-15(2)17(13-14)24-18(25)10-9-16(23-24)19(26)22-21(20(27)28-3)11-5-4-6-12-21/h7-8,13H,4-6,9-12H2,1-3H3,(H,22,26). The van der Waals surface area contributed by atoms with Crippen LogP contribution in [0.1, 0.15) is 56.1 Å². The Labute approximate surface area is 165 Å². The van der Waals surface area contributed by atoms with Crippen molar-refractivity contribution in [3.63, 3.8) is 0 Å². The van der Waals surface area contributed by atoms with Crippen molar-refractivity contribution in [2.24, 2.45) is 5.10 Å². The first-order valence-corrected chi connectivity index (χ1v) is 9.75. The fourth-order valence-corrected chi connectivity index (χ4v) is 3.87. The van der Waals surface area contributed by atoms with Gasteiger partial charge in [0, 0.05) is 12.8 Å². The molecule has 1 aromatic carbocycles. The number of carbonyl (C=O) groups is 3. The molecule has 28 heavy (non-hydrogen) atoms. The summed E-state index contributed by atoms with van der Waals surface area (Å²) in [5.41, 5.74) is 1.84. The van der Waals surface area contributed by atoms with Crippen molar-refractivity contribution in [3.05, 3.63) is 29.3 Å². The van der Waals surface area contributed by atoms with Gasteiger partial charge in [0.25, 0.3) is 5.91 Å². The molecule has 1 aliphatic carbocycles. The molecule has 0 radical (unpaired) electrons. The fourth-order valence-electron chi connectivity index (χ4n) is 3.87. The lowest BCUT2D eigenvalue weighted by atomic mass is 9.81. The third kappa shape index (κ3) is 3.93. The van der Waals surface area contributed by atoms with Gasteiger partial charge in [-0.25, -0.2) is 9.80 Å². The molecule has 7 nitrogen and oxygen atoms in total. The second kappa shape index (κ2) is 8.12. The predicted octanol–water partition coefficient (Wildman–Crippen LogP) is 2.78. The minimum absolute atomic E-state index is 0.148. The predicted molar refractivity (Wildman–Crippen MR) is 106 cm³/mol. The lowest BCUT2D eigenvalue weighted by Crippen LogP contribution is -2.58. The highest BCUT2D eigenvalue weighted by Gasteiger charge is 2.43. The van der Waals surface area contributed by atoms with Gasteiger partial charge in [0.05, 0.1) is 12.8 Å². The lowest BCUT2D eigenvalue weighted by Gasteiger charge is -2.35. The van der Waals surface area contributed by atoms with E-state index in [1.165, 1.54) is 12.1 Å². The molecule has 0 saturated heterocycles. The molecular formula is C21H27N3O4. The number of nitrogens with one attached hydrogen (secondary N) is 1.